The number of nitrogens with zero attached hydrogens (tertiary/aromatic N) is 1. The lowest BCUT2D eigenvalue weighted by molar-refractivity contribution is -0.116. The van der Waals surface area contributed by atoms with E-state index in [0.717, 1.165) is 49.9 Å². The number of carbonyl (C=O) groups excluding carboxylic acids is 1. The molecule has 26 heavy (non-hydrogen) atoms. The minimum atomic E-state index is 0. The van der Waals surface area contributed by atoms with Crippen LogP contribution in [-0.4, -0.2) is 43.5 Å². The zero-order chi connectivity index (χ0) is 16.6. The third kappa shape index (κ3) is 7.22. The van der Waals surface area contributed by atoms with Crippen LogP contribution in [0.5, 0.6) is 11.5 Å². The summed E-state index contributed by atoms with van der Waals surface area (Å²) in [6, 6.07) is 17.1. The molecule has 5 nitrogen and oxygen atoms in total. The van der Waals surface area contributed by atoms with Gasteiger partial charge in [-0.25, -0.2) is 0 Å². The maximum absolute atomic E-state index is 12.0. The van der Waals surface area contributed by atoms with Crippen LogP contribution in [0.4, 0.5) is 5.69 Å². The number of carbonyl (C=O) groups is 1. The van der Waals surface area contributed by atoms with Crippen molar-refractivity contribution in [2.75, 3.05) is 38.0 Å². The third-order valence-corrected chi connectivity index (χ3v) is 3.98. The molecular formula is C19H25Cl2N3O2. The van der Waals surface area contributed by atoms with Gasteiger partial charge in [0.15, 0.2) is 0 Å². The van der Waals surface area contributed by atoms with Crippen LogP contribution < -0.4 is 15.4 Å². The first-order chi connectivity index (χ1) is 11.8. The smallest absolute Gasteiger partial charge is 0.225 e. The molecule has 142 valence electrons. The Hall–Kier alpha value is -1.79. The molecule has 2 N–H and O–H groups in total. The van der Waals surface area contributed by atoms with Gasteiger partial charge in [-0.1, -0.05) is 18.2 Å². The molecular weight excluding hydrogens is 373 g/mol. The van der Waals surface area contributed by atoms with E-state index in [-0.39, 0.29) is 30.7 Å². The Balaban J connectivity index is 0.00000169. The zero-order valence-corrected chi connectivity index (χ0v) is 16.2. The van der Waals surface area contributed by atoms with E-state index < -0.39 is 0 Å². The summed E-state index contributed by atoms with van der Waals surface area (Å²) in [6.07, 6.45) is 0.516. The Labute approximate surface area is 166 Å². The summed E-state index contributed by atoms with van der Waals surface area (Å²) in [5.74, 6) is 1.59. The summed E-state index contributed by atoms with van der Waals surface area (Å²) in [5.41, 5.74) is 0.792. The van der Waals surface area contributed by atoms with Crippen LogP contribution in [0.2, 0.25) is 0 Å². The summed E-state index contributed by atoms with van der Waals surface area (Å²) < 4.78 is 5.74. The molecule has 0 unspecified atom stereocenters. The van der Waals surface area contributed by atoms with Crippen LogP contribution in [0.3, 0.4) is 0 Å². The van der Waals surface area contributed by atoms with Crippen molar-refractivity contribution in [3.63, 3.8) is 0 Å². The quantitative estimate of drug-likeness (QED) is 0.782. The first-order valence-corrected chi connectivity index (χ1v) is 8.35. The highest BCUT2D eigenvalue weighted by Crippen LogP contribution is 2.22. The fourth-order valence-corrected chi connectivity index (χ4v) is 2.65. The molecule has 1 amide bonds. The van der Waals surface area contributed by atoms with Crippen molar-refractivity contribution in [2.45, 2.75) is 6.42 Å². The molecule has 1 heterocycles. The Bertz CT molecular complexity index is 648. The molecule has 3 rings (SSSR count). The Morgan fingerprint density at radius 3 is 2.23 bits per heavy atom. The summed E-state index contributed by atoms with van der Waals surface area (Å²) in [5, 5.41) is 6.25. The lowest BCUT2D eigenvalue weighted by Gasteiger charge is -2.26. The molecule has 1 aliphatic rings. The number of rotatable bonds is 6. The Kier molecular flexibility index (Phi) is 10.1. The molecule has 0 atom stereocenters. The average molecular weight is 398 g/mol. The standard InChI is InChI=1S/C19H23N3O2.2ClH/c23-19(10-13-22-14-11-20-12-15-22)21-16-6-8-18(9-7-16)24-17-4-2-1-3-5-17;;/h1-9,20H,10-15H2,(H,21,23);2*1H. The molecule has 0 aromatic heterocycles. The van der Waals surface area contributed by atoms with Crippen molar-refractivity contribution < 1.29 is 9.53 Å². The van der Waals surface area contributed by atoms with E-state index >= 15 is 0 Å². The fourth-order valence-electron chi connectivity index (χ4n) is 2.65. The number of hydrogen-bond donors (Lipinski definition) is 2. The van der Waals surface area contributed by atoms with Gasteiger partial charge in [0.2, 0.25) is 5.91 Å². The number of halogens is 2. The molecule has 0 radical (unpaired) electrons. The van der Waals surface area contributed by atoms with Crippen LogP contribution in [0.15, 0.2) is 54.6 Å². The van der Waals surface area contributed by atoms with Crippen molar-refractivity contribution in [3.05, 3.63) is 54.6 Å². The van der Waals surface area contributed by atoms with Crippen molar-refractivity contribution in [1.82, 2.24) is 10.2 Å². The van der Waals surface area contributed by atoms with Gasteiger partial charge in [-0.05, 0) is 36.4 Å². The van der Waals surface area contributed by atoms with Crippen LogP contribution >= 0.6 is 24.8 Å². The van der Waals surface area contributed by atoms with Gasteiger partial charge < -0.3 is 20.3 Å². The van der Waals surface area contributed by atoms with E-state index in [1.807, 2.05) is 54.6 Å². The lowest BCUT2D eigenvalue weighted by atomic mass is 10.2. The molecule has 7 heteroatoms. The highest BCUT2D eigenvalue weighted by atomic mass is 35.5. The second-order valence-electron chi connectivity index (χ2n) is 5.83. The molecule has 0 saturated carbocycles. The van der Waals surface area contributed by atoms with E-state index in [4.69, 9.17) is 4.74 Å². The number of ether oxygens (including phenoxy) is 1. The molecule has 1 fully saturated rings. The maximum atomic E-state index is 12.0. The van der Waals surface area contributed by atoms with Crippen LogP contribution in [-0.2, 0) is 4.79 Å². The molecule has 1 saturated heterocycles. The third-order valence-electron chi connectivity index (χ3n) is 3.98. The van der Waals surface area contributed by atoms with Gasteiger partial charge in [-0.2, -0.15) is 0 Å². The van der Waals surface area contributed by atoms with Crippen molar-refractivity contribution in [3.8, 4) is 11.5 Å². The topological polar surface area (TPSA) is 53.6 Å². The summed E-state index contributed by atoms with van der Waals surface area (Å²) in [4.78, 5) is 14.4. The number of nitrogens with one attached hydrogen (secondary N) is 2. The van der Waals surface area contributed by atoms with E-state index in [0.29, 0.717) is 6.42 Å². The minimum Gasteiger partial charge on any atom is -0.457 e. The number of para-hydroxylation sites is 1. The number of anilines is 1. The monoisotopic (exact) mass is 397 g/mol. The normalized spacial score (nSPS) is 13.8. The SMILES string of the molecule is Cl.Cl.O=C(CCN1CCNCC1)Nc1ccc(Oc2ccccc2)cc1. The van der Waals surface area contributed by atoms with Crippen LogP contribution in [0.1, 0.15) is 6.42 Å². The van der Waals surface area contributed by atoms with Gasteiger partial charge in [0.1, 0.15) is 11.5 Å². The lowest BCUT2D eigenvalue weighted by Crippen LogP contribution is -2.44. The van der Waals surface area contributed by atoms with E-state index in [1.54, 1.807) is 0 Å². The molecule has 0 bridgehead atoms. The van der Waals surface area contributed by atoms with Gasteiger partial charge in [0.25, 0.3) is 0 Å². The number of piperazine rings is 1. The van der Waals surface area contributed by atoms with Gasteiger partial charge in [0.05, 0.1) is 0 Å². The molecule has 0 spiro atoms. The van der Waals surface area contributed by atoms with Crippen molar-refractivity contribution in [2.24, 2.45) is 0 Å². The van der Waals surface area contributed by atoms with Gasteiger partial charge in [0, 0.05) is 44.8 Å². The molecule has 1 aliphatic heterocycles. The van der Waals surface area contributed by atoms with Crippen molar-refractivity contribution in [1.29, 1.82) is 0 Å². The van der Waals surface area contributed by atoms with E-state index in [9.17, 15) is 4.79 Å². The molecule has 2 aromatic carbocycles. The predicted molar refractivity (Wildman–Crippen MR) is 110 cm³/mol. The highest BCUT2D eigenvalue weighted by molar-refractivity contribution is 5.90. The Morgan fingerprint density at radius 1 is 0.962 bits per heavy atom. The first kappa shape index (κ1) is 22.3. The summed E-state index contributed by atoms with van der Waals surface area (Å²) >= 11 is 0. The number of amides is 1. The van der Waals surface area contributed by atoms with Crippen LogP contribution in [0, 0.1) is 0 Å². The fraction of sp³-hybridized carbons (Fsp3) is 0.316. The van der Waals surface area contributed by atoms with Gasteiger partial charge in [-0.3, -0.25) is 4.79 Å². The average Bonchev–Trinajstić information content (AvgIpc) is 2.63. The molecule has 2 aromatic rings. The van der Waals surface area contributed by atoms with Gasteiger partial charge >= 0.3 is 0 Å². The molecule has 0 aliphatic carbocycles. The minimum absolute atomic E-state index is 0. The number of hydrogen-bond acceptors (Lipinski definition) is 4. The van der Waals surface area contributed by atoms with Crippen molar-refractivity contribution >= 4 is 36.4 Å². The highest BCUT2D eigenvalue weighted by Gasteiger charge is 2.11. The second kappa shape index (κ2) is 11.8. The zero-order valence-electron chi connectivity index (χ0n) is 14.5. The largest absolute Gasteiger partial charge is 0.457 e. The maximum Gasteiger partial charge on any atom is 0.225 e. The van der Waals surface area contributed by atoms with E-state index in [2.05, 4.69) is 15.5 Å². The second-order valence-corrected chi connectivity index (χ2v) is 5.83. The summed E-state index contributed by atoms with van der Waals surface area (Å²) in [7, 11) is 0. The predicted octanol–water partition coefficient (Wildman–Crippen LogP) is 3.56. The van der Waals surface area contributed by atoms with E-state index in [1.165, 1.54) is 0 Å². The van der Waals surface area contributed by atoms with Gasteiger partial charge in [-0.15, -0.1) is 24.8 Å². The number of benzene rings is 2. The summed E-state index contributed by atoms with van der Waals surface area (Å²) in [6.45, 7) is 4.84. The Morgan fingerprint density at radius 2 is 1.58 bits per heavy atom. The van der Waals surface area contributed by atoms with Crippen LogP contribution in [0.25, 0.3) is 0 Å². The first-order valence-electron chi connectivity index (χ1n) is 8.35.